The van der Waals surface area contributed by atoms with Crippen LogP contribution in [0.15, 0.2) is 105 Å². The summed E-state index contributed by atoms with van der Waals surface area (Å²) >= 11 is 1.08. The molecule has 0 aliphatic carbocycles. The molecule has 228 valence electrons. The summed E-state index contributed by atoms with van der Waals surface area (Å²) in [6.07, 6.45) is 2.99. The molecule has 0 spiro atoms. The molecule has 12 heteroatoms. The van der Waals surface area contributed by atoms with Gasteiger partial charge in [-0.3, -0.25) is 14.2 Å². The molecule has 1 unspecified atom stereocenters. The molecule has 0 N–H and O–H groups in total. The number of benzene rings is 2. The Balaban J connectivity index is 1.49. The van der Waals surface area contributed by atoms with Gasteiger partial charge in [-0.05, 0) is 42.8 Å². The number of carbonyl (C=O) groups excluding carboxylic acids is 3. The summed E-state index contributed by atoms with van der Waals surface area (Å²) in [4.78, 5) is 60.4. The molecule has 0 bridgehead atoms. The van der Waals surface area contributed by atoms with E-state index in [1.807, 2.05) is 18.2 Å². The highest BCUT2D eigenvalue weighted by Gasteiger charge is 2.37. The van der Waals surface area contributed by atoms with Crippen LogP contribution in [0.3, 0.4) is 0 Å². The summed E-state index contributed by atoms with van der Waals surface area (Å²) in [5.41, 5.74) is 2.14. The lowest BCUT2D eigenvalue weighted by Crippen LogP contribution is -2.41. The number of anilines is 1. The highest BCUT2D eigenvalue weighted by atomic mass is 32.1. The number of esters is 2. The van der Waals surface area contributed by atoms with Gasteiger partial charge in [0.2, 0.25) is 5.76 Å². The summed E-state index contributed by atoms with van der Waals surface area (Å²) in [6.45, 7) is 5.89. The number of aromatic nitrogens is 1. The predicted molar refractivity (Wildman–Crippen MR) is 165 cm³/mol. The molecule has 4 heterocycles. The maximum Gasteiger partial charge on any atom is 0.379 e. The van der Waals surface area contributed by atoms with E-state index in [-0.39, 0.29) is 52.9 Å². The second-order valence-corrected chi connectivity index (χ2v) is 11.0. The SMILES string of the molecule is C=CCN1C(=O)/C(=c2\sc3n(c2=O)C(c2ccc(OC(=O)c4ccco4)cc2)C(C(=O)OCCOC)=C(C)N=3)c2ccccc21. The number of rotatable bonds is 9. The van der Waals surface area contributed by atoms with Gasteiger partial charge in [-0.25, -0.2) is 14.6 Å². The van der Waals surface area contributed by atoms with E-state index >= 15 is 0 Å². The van der Waals surface area contributed by atoms with Gasteiger partial charge in [0.15, 0.2) is 4.80 Å². The highest BCUT2D eigenvalue weighted by Crippen LogP contribution is 2.36. The summed E-state index contributed by atoms with van der Waals surface area (Å²) in [6, 6.07) is 15.8. The number of thiazole rings is 1. The predicted octanol–water partition coefficient (Wildman–Crippen LogP) is 3.14. The van der Waals surface area contributed by atoms with Gasteiger partial charge in [-0.2, -0.15) is 0 Å². The number of hydrogen-bond donors (Lipinski definition) is 0. The van der Waals surface area contributed by atoms with E-state index in [1.54, 1.807) is 54.3 Å². The van der Waals surface area contributed by atoms with Gasteiger partial charge in [-0.15, -0.1) is 6.58 Å². The number of nitrogens with zero attached hydrogens (tertiary/aromatic N) is 3. The average Bonchev–Trinajstić information content (AvgIpc) is 3.75. The molecule has 0 fully saturated rings. The van der Waals surface area contributed by atoms with E-state index in [0.717, 1.165) is 11.3 Å². The molecule has 1 atom stereocenters. The summed E-state index contributed by atoms with van der Waals surface area (Å²) in [5, 5.41) is 0. The first-order valence-electron chi connectivity index (χ1n) is 13.9. The number of amides is 1. The quantitative estimate of drug-likeness (QED) is 0.120. The van der Waals surface area contributed by atoms with Crippen LogP contribution >= 0.6 is 11.3 Å². The van der Waals surface area contributed by atoms with Crippen LogP contribution in [0.1, 0.15) is 34.6 Å². The van der Waals surface area contributed by atoms with Gasteiger partial charge in [0, 0.05) is 19.2 Å². The lowest BCUT2D eigenvalue weighted by atomic mass is 9.96. The van der Waals surface area contributed by atoms with Crippen LogP contribution in [0.25, 0.3) is 5.57 Å². The molecule has 2 aromatic carbocycles. The Kier molecular flexibility index (Phi) is 8.16. The zero-order valence-corrected chi connectivity index (χ0v) is 25.2. The molecule has 45 heavy (non-hydrogen) atoms. The van der Waals surface area contributed by atoms with Gasteiger partial charge >= 0.3 is 11.9 Å². The normalized spacial score (nSPS) is 16.6. The number of carbonyl (C=O) groups is 3. The molecule has 11 nitrogen and oxygen atoms in total. The van der Waals surface area contributed by atoms with Crippen molar-refractivity contribution in [1.82, 2.24) is 4.57 Å². The molecule has 0 saturated carbocycles. The topological polar surface area (TPSA) is 130 Å². The fraction of sp³-hybridized carbons (Fsp3) is 0.182. The van der Waals surface area contributed by atoms with Crippen LogP contribution in [0.4, 0.5) is 5.69 Å². The van der Waals surface area contributed by atoms with E-state index in [9.17, 15) is 19.2 Å². The van der Waals surface area contributed by atoms with Crippen molar-refractivity contribution in [3.63, 3.8) is 0 Å². The smallest absolute Gasteiger partial charge is 0.379 e. The van der Waals surface area contributed by atoms with Crippen molar-refractivity contribution < 1.29 is 33.0 Å². The van der Waals surface area contributed by atoms with Gasteiger partial charge in [0.1, 0.15) is 16.9 Å². The van der Waals surface area contributed by atoms with Crippen LogP contribution in [-0.4, -0.2) is 49.3 Å². The molecule has 0 saturated heterocycles. The Hall–Kier alpha value is -5.33. The third-order valence-corrected chi connectivity index (χ3v) is 8.38. The van der Waals surface area contributed by atoms with Crippen molar-refractivity contribution in [3.05, 3.63) is 127 Å². The Labute approximate surface area is 260 Å². The molecular formula is C33H27N3O8S. The number of hydrogen-bond acceptors (Lipinski definition) is 10. The van der Waals surface area contributed by atoms with Crippen molar-refractivity contribution in [2.24, 2.45) is 4.99 Å². The van der Waals surface area contributed by atoms with Crippen molar-refractivity contribution in [2.45, 2.75) is 13.0 Å². The molecule has 2 aliphatic rings. The second-order valence-electron chi connectivity index (χ2n) is 10.1. The zero-order chi connectivity index (χ0) is 31.7. The molecule has 2 aromatic heterocycles. The maximum atomic E-state index is 14.3. The van der Waals surface area contributed by atoms with Gasteiger partial charge in [-0.1, -0.05) is 47.7 Å². The Morgan fingerprint density at radius 1 is 1.04 bits per heavy atom. The number of methoxy groups -OCH3 is 1. The van der Waals surface area contributed by atoms with E-state index in [4.69, 9.17) is 18.6 Å². The molecule has 2 aliphatic heterocycles. The summed E-state index contributed by atoms with van der Waals surface area (Å²) in [7, 11) is 1.49. The van der Waals surface area contributed by atoms with Crippen molar-refractivity contribution in [3.8, 4) is 5.75 Å². The minimum atomic E-state index is -0.948. The molecule has 0 radical (unpaired) electrons. The summed E-state index contributed by atoms with van der Waals surface area (Å²) in [5.74, 6) is -1.39. The fourth-order valence-corrected chi connectivity index (χ4v) is 6.46. The molecule has 4 aromatic rings. The number of ether oxygens (including phenoxy) is 3. The van der Waals surface area contributed by atoms with E-state index in [2.05, 4.69) is 11.6 Å². The zero-order valence-electron chi connectivity index (χ0n) is 24.3. The third kappa shape index (κ3) is 5.34. The lowest BCUT2D eigenvalue weighted by molar-refractivity contribution is -0.140. The lowest BCUT2D eigenvalue weighted by Gasteiger charge is -2.25. The van der Waals surface area contributed by atoms with Gasteiger partial charge in [0.25, 0.3) is 11.5 Å². The number of fused-ring (bicyclic) bond motifs is 2. The minimum absolute atomic E-state index is 0.000501. The largest absolute Gasteiger partial charge is 0.460 e. The van der Waals surface area contributed by atoms with E-state index < -0.39 is 23.5 Å². The van der Waals surface area contributed by atoms with E-state index in [1.165, 1.54) is 24.0 Å². The standard InChI is InChI=1S/C33H27N3O8S/c1-4-15-35-23-9-6-5-8-22(23)26(29(35)37)28-30(38)36-27(25(19(2)34-33(36)45-28)32(40)43-18-17-41-3)20-11-13-21(14-12-20)44-31(39)24-10-7-16-42-24/h4-14,16,27H,1,15,17-18H2,2-3H3/b28-26-. The number of furan rings is 1. The Morgan fingerprint density at radius 3 is 2.53 bits per heavy atom. The molecule has 1 amide bonds. The monoisotopic (exact) mass is 625 g/mol. The Morgan fingerprint density at radius 2 is 1.82 bits per heavy atom. The van der Waals surface area contributed by atoms with Crippen molar-refractivity contribution in [1.29, 1.82) is 0 Å². The first-order chi connectivity index (χ1) is 21.8. The van der Waals surface area contributed by atoms with Crippen LogP contribution in [0.2, 0.25) is 0 Å². The van der Waals surface area contributed by atoms with Crippen LogP contribution in [0.5, 0.6) is 5.75 Å². The van der Waals surface area contributed by atoms with Crippen molar-refractivity contribution in [2.75, 3.05) is 31.8 Å². The summed E-state index contributed by atoms with van der Waals surface area (Å²) < 4.78 is 22.6. The number of para-hydroxylation sites is 1. The van der Waals surface area contributed by atoms with Crippen molar-refractivity contribution >= 4 is 40.4 Å². The molecule has 6 rings (SSSR count). The minimum Gasteiger partial charge on any atom is -0.460 e. The average molecular weight is 626 g/mol. The van der Waals surface area contributed by atoms with E-state index in [0.29, 0.717) is 27.3 Å². The third-order valence-electron chi connectivity index (χ3n) is 7.33. The highest BCUT2D eigenvalue weighted by molar-refractivity contribution is 7.07. The fourth-order valence-electron chi connectivity index (χ4n) is 5.32. The van der Waals surface area contributed by atoms with Crippen LogP contribution in [0, 0.1) is 0 Å². The van der Waals surface area contributed by atoms with Gasteiger partial charge < -0.3 is 23.5 Å². The Bertz CT molecular complexity index is 2040. The second kappa shape index (κ2) is 12.3. The maximum absolute atomic E-state index is 14.3. The molecular weight excluding hydrogens is 598 g/mol. The number of allylic oxidation sites excluding steroid dienone is 1. The van der Waals surface area contributed by atoms with Crippen LogP contribution < -0.4 is 24.5 Å². The first kappa shape index (κ1) is 29.7. The van der Waals surface area contributed by atoms with Crippen LogP contribution in [-0.2, 0) is 19.1 Å². The van der Waals surface area contributed by atoms with Gasteiger partial charge in [0.05, 0.1) is 41.4 Å². The first-order valence-corrected chi connectivity index (χ1v) is 14.7.